The van der Waals surface area contributed by atoms with Crippen molar-refractivity contribution in [2.45, 2.75) is 16.5 Å². The summed E-state index contributed by atoms with van der Waals surface area (Å²) < 4.78 is 0. The fraction of sp³-hybridized carbons (Fsp3) is 0.0833. The van der Waals surface area contributed by atoms with Crippen molar-refractivity contribution in [3.63, 3.8) is 0 Å². The second-order valence-corrected chi connectivity index (χ2v) is 4.61. The van der Waals surface area contributed by atoms with Gasteiger partial charge in [0.25, 0.3) is 0 Å². The van der Waals surface area contributed by atoms with Gasteiger partial charge in [0.05, 0.1) is 6.61 Å². The monoisotopic (exact) mass is 251 g/mol. The van der Waals surface area contributed by atoms with E-state index in [1.807, 2.05) is 30.3 Å². The van der Waals surface area contributed by atoms with Gasteiger partial charge in [0, 0.05) is 21.7 Å². The van der Waals surface area contributed by atoms with Gasteiger partial charge in [-0.3, -0.25) is 0 Å². The van der Waals surface area contributed by atoms with Gasteiger partial charge >= 0.3 is 0 Å². The first-order valence-electron chi connectivity index (χ1n) is 4.78. The molecule has 2 aromatic rings. The van der Waals surface area contributed by atoms with E-state index in [0.29, 0.717) is 5.02 Å². The molecular formula is C12H10ClNOS. The van der Waals surface area contributed by atoms with Gasteiger partial charge in [0.1, 0.15) is 5.03 Å². The zero-order valence-electron chi connectivity index (χ0n) is 8.43. The molecule has 0 saturated carbocycles. The van der Waals surface area contributed by atoms with E-state index in [0.717, 1.165) is 15.5 Å². The van der Waals surface area contributed by atoms with Crippen LogP contribution >= 0.6 is 23.4 Å². The smallest absolute Gasteiger partial charge is 0.101 e. The molecule has 0 saturated heterocycles. The number of aliphatic hydroxyl groups excluding tert-OH is 1. The lowest BCUT2D eigenvalue weighted by molar-refractivity contribution is 0.279. The minimum absolute atomic E-state index is 0.0607. The van der Waals surface area contributed by atoms with Crippen LogP contribution in [-0.2, 0) is 6.61 Å². The number of halogens is 1. The average molecular weight is 252 g/mol. The SMILES string of the molecule is OCc1c(Cl)cccc1Sc1ccccn1. The fourth-order valence-corrected chi connectivity index (χ4v) is 2.53. The number of nitrogens with zero attached hydrogens (tertiary/aromatic N) is 1. The maximum absolute atomic E-state index is 9.26. The quantitative estimate of drug-likeness (QED) is 0.908. The summed E-state index contributed by atoms with van der Waals surface area (Å²) in [5.74, 6) is 0. The Morgan fingerprint density at radius 1 is 1.19 bits per heavy atom. The van der Waals surface area contributed by atoms with Gasteiger partial charge < -0.3 is 5.11 Å². The first-order valence-corrected chi connectivity index (χ1v) is 5.98. The Bertz CT molecular complexity index is 476. The van der Waals surface area contributed by atoms with Crippen molar-refractivity contribution in [2.75, 3.05) is 0 Å². The van der Waals surface area contributed by atoms with E-state index in [4.69, 9.17) is 11.6 Å². The van der Waals surface area contributed by atoms with Crippen LogP contribution in [0.15, 0.2) is 52.5 Å². The predicted molar refractivity (Wildman–Crippen MR) is 65.7 cm³/mol. The molecule has 0 aliphatic heterocycles. The maximum atomic E-state index is 9.26. The minimum atomic E-state index is -0.0607. The summed E-state index contributed by atoms with van der Waals surface area (Å²) in [4.78, 5) is 5.16. The molecule has 16 heavy (non-hydrogen) atoms. The first kappa shape index (κ1) is 11.5. The maximum Gasteiger partial charge on any atom is 0.101 e. The standard InChI is InChI=1S/C12H10ClNOS/c13-10-4-3-5-11(9(10)8-15)16-12-6-1-2-7-14-12/h1-7,15H,8H2. The Labute approximate surface area is 103 Å². The largest absolute Gasteiger partial charge is 0.392 e. The summed E-state index contributed by atoms with van der Waals surface area (Å²) in [6.45, 7) is -0.0607. The van der Waals surface area contributed by atoms with E-state index in [9.17, 15) is 5.11 Å². The summed E-state index contributed by atoms with van der Waals surface area (Å²) in [6, 6.07) is 11.3. The van der Waals surface area contributed by atoms with Crippen LogP contribution in [0.2, 0.25) is 5.02 Å². The molecule has 0 bridgehead atoms. The third kappa shape index (κ3) is 2.55. The van der Waals surface area contributed by atoms with Crippen LogP contribution in [-0.4, -0.2) is 10.1 Å². The average Bonchev–Trinajstić information content (AvgIpc) is 2.31. The third-order valence-electron chi connectivity index (χ3n) is 2.09. The highest BCUT2D eigenvalue weighted by Crippen LogP contribution is 2.32. The zero-order chi connectivity index (χ0) is 11.4. The van der Waals surface area contributed by atoms with Gasteiger partial charge in [0.2, 0.25) is 0 Å². The molecule has 2 nitrogen and oxygen atoms in total. The van der Waals surface area contributed by atoms with E-state index in [1.165, 1.54) is 11.8 Å². The molecule has 0 unspecified atom stereocenters. The lowest BCUT2D eigenvalue weighted by Gasteiger charge is -2.07. The molecular weight excluding hydrogens is 242 g/mol. The summed E-state index contributed by atoms with van der Waals surface area (Å²) in [6.07, 6.45) is 1.74. The van der Waals surface area contributed by atoms with Crippen LogP contribution < -0.4 is 0 Å². The van der Waals surface area contributed by atoms with Crippen LogP contribution in [0.25, 0.3) is 0 Å². The normalized spacial score (nSPS) is 10.4. The number of pyridine rings is 1. The van der Waals surface area contributed by atoms with E-state index >= 15 is 0 Å². The van der Waals surface area contributed by atoms with Crippen LogP contribution in [0.3, 0.4) is 0 Å². The van der Waals surface area contributed by atoms with Crippen molar-refractivity contribution in [2.24, 2.45) is 0 Å². The topological polar surface area (TPSA) is 33.1 Å². The number of hydrogen-bond acceptors (Lipinski definition) is 3. The molecule has 1 heterocycles. The second kappa shape index (κ2) is 5.34. The van der Waals surface area contributed by atoms with Crippen LogP contribution in [0.1, 0.15) is 5.56 Å². The molecule has 0 fully saturated rings. The Kier molecular flexibility index (Phi) is 3.83. The number of aliphatic hydroxyl groups is 1. The fourth-order valence-electron chi connectivity index (χ4n) is 1.31. The Morgan fingerprint density at radius 3 is 2.75 bits per heavy atom. The Morgan fingerprint density at radius 2 is 2.06 bits per heavy atom. The molecule has 0 aliphatic rings. The highest BCUT2D eigenvalue weighted by atomic mass is 35.5. The number of aromatic nitrogens is 1. The van der Waals surface area contributed by atoms with Crippen LogP contribution in [0.5, 0.6) is 0 Å². The molecule has 0 aliphatic carbocycles. The van der Waals surface area contributed by atoms with Crippen molar-refractivity contribution < 1.29 is 5.11 Å². The first-order chi connectivity index (χ1) is 7.81. The van der Waals surface area contributed by atoms with Crippen molar-refractivity contribution >= 4 is 23.4 Å². The Hall–Kier alpha value is -1.03. The predicted octanol–water partition coefficient (Wildman–Crippen LogP) is 3.38. The molecule has 0 atom stereocenters. The molecule has 0 spiro atoms. The Balaban J connectivity index is 2.31. The third-order valence-corrected chi connectivity index (χ3v) is 3.49. The van der Waals surface area contributed by atoms with Gasteiger partial charge in [-0.2, -0.15) is 0 Å². The van der Waals surface area contributed by atoms with Crippen molar-refractivity contribution in [1.82, 2.24) is 4.98 Å². The van der Waals surface area contributed by atoms with Gasteiger partial charge in [0.15, 0.2) is 0 Å². The van der Waals surface area contributed by atoms with Crippen molar-refractivity contribution in [1.29, 1.82) is 0 Å². The van der Waals surface area contributed by atoms with Crippen LogP contribution in [0.4, 0.5) is 0 Å². The lowest BCUT2D eigenvalue weighted by atomic mass is 10.2. The molecule has 4 heteroatoms. The summed E-state index contributed by atoms with van der Waals surface area (Å²) >= 11 is 7.50. The van der Waals surface area contributed by atoms with E-state index in [2.05, 4.69) is 4.98 Å². The summed E-state index contributed by atoms with van der Waals surface area (Å²) in [5, 5.41) is 10.7. The number of hydrogen-bond donors (Lipinski definition) is 1. The highest BCUT2D eigenvalue weighted by Gasteiger charge is 2.07. The van der Waals surface area contributed by atoms with Gasteiger partial charge in [-0.05, 0) is 24.3 Å². The number of benzene rings is 1. The molecule has 0 radical (unpaired) electrons. The molecule has 1 N–H and O–H groups in total. The second-order valence-electron chi connectivity index (χ2n) is 3.14. The zero-order valence-corrected chi connectivity index (χ0v) is 10.0. The van der Waals surface area contributed by atoms with Crippen molar-refractivity contribution in [3.05, 3.63) is 53.2 Å². The molecule has 82 valence electrons. The minimum Gasteiger partial charge on any atom is -0.392 e. The summed E-state index contributed by atoms with van der Waals surface area (Å²) in [5.41, 5.74) is 0.750. The number of rotatable bonds is 3. The molecule has 1 aromatic carbocycles. The van der Waals surface area contributed by atoms with Crippen LogP contribution in [0, 0.1) is 0 Å². The lowest BCUT2D eigenvalue weighted by Crippen LogP contribution is -1.89. The molecule has 2 rings (SSSR count). The van der Waals surface area contributed by atoms with E-state index in [1.54, 1.807) is 12.3 Å². The summed E-state index contributed by atoms with van der Waals surface area (Å²) in [7, 11) is 0. The molecule has 1 aromatic heterocycles. The molecule has 0 amide bonds. The highest BCUT2D eigenvalue weighted by molar-refractivity contribution is 7.99. The van der Waals surface area contributed by atoms with Gasteiger partial charge in [-0.1, -0.05) is 35.5 Å². The van der Waals surface area contributed by atoms with E-state index < -0.39 is 0 Å². The van der Waals surface area contributed by atoms with Gasteiger partial charge in [-0.25, -0.2) is 4.98 Å². The van der Waals surface area contributed by atoms with Crippen molar-refractivity contribution in [3.8, 4) is 0 Å². The van der Waals surface area contributed by atoms with E-state index in [-0.39, 0.29) is 6.61 Å². The van der Waals surface area contributed by atoms with Gasteiger partial charge in [-0.15, -0.1) is 0 Å².